The number of hydrogen-bond donors (Lipinski definition) is 2. The van der Waals surface area contributed by atoms with E-state index in [1.807, 2.05) is 18.2 Å². The molecule has 9 nitrogen and oxygen atoms in total. The molecule has 2 N–H and O–H groups in total. The highest BCUT2D eigenvalue weighted by atomic mass is 32.2. The summed E-state index contributed by atoms with van der Waals surface area (Å²) < 4.78 is 37.7. The van der Waals surface area contributed by atoms with Crippen molar-refractivity contribution in [1.29, 1.82) is 0 Å². The van der Waals surface area contributed by atoms with Crippen molar-refractivity contribution in [1.82, 2.24) is 4.98 Å². The van der Waals surface area contributed by atoms with Crippen LogP contribution in [-0.4, -0.2) is 35.6 Å². The van der Waals surface area contributed by atoms with Crippen molar-refractivity contribution < 1.29 is 32.6 Å². The third-order valence-corrected chi connectivity index (χ3v) is 10.5. The zero-order valence-electron chi connectivity index (χ0n) is 22.6. The van der Waals surface area contributed by atoms with Crippen LogP contribution in [0.1, 0.15) is 64.1 Å². The lowest BCUT2D eigenvalue weighted by Crippen LogP contribution is -2.25. The van der Waals surface area contributed by atoms with Crippen molar-refractivity contribution in [3.63, 3.8) is 0 Å². The number of benzene rings is 3. The molecule has 0 saturated heterocycles. The van der Waals surface area contributed by atoms with Gasteiger partial charge < -0.3 is 14.6 Å². The maximum absolute atomic E-state index is 13.6. The van der Waals surface area contributed by atoms with Crippen molar-refractivity contribution in [2.75, 3.05) is 5.32 Å². The Kier molecular flexibility index (Phi) is 7.56. The van der Waals surface area contributed by atoms with Crippen LogP contribution in [0.25, 0.3) is 0 Å². The van der Waals surface area contributed by atoms with E-state index in [0.717, 1.165) is 29.7 Å². The van der Waals surface area contributed by atoms with E-state index in [2.05, 4.69) is 16.4 Å². The number of amides is 1. The van der Waals surface area contributed by atoms with Crippen molar-refractivity contribution in [2.24, 2.45) is 0 Å². The molecular formula is C31H28N2O7S2. The predicted octanol–water partition coefficient (Wildman–Crippen LogP) is 6.26. The molecular weight excluding hydrogens is 576 g/mol. The largest absolute Gasteiger partial charge is 0.478 e. The van der Waals surface area contributed by atoms with E-state index < -0.39 is 27.8 Å². The fourth-order valence-corrected chi connectivity index (χ4v) is 7.46. The molecule has 216 valence electrons. The van der Waals surface area contributed by atoms with Gasteiger partial charge in [0.25, 0.3) is 5.91 Å². The van der Waals surface area contributed by atoms with Gasteiger partial charge in [-0.25, -0.2) is 18.2 Å². The first kappa shape index (κ1) is 28.1. The number of aromatic nitrogens is 1. The number of carboxylic acids is 1. The number of carbonyl (C=O) groups excluding carboxylic acids is 1. The standard InChI is InChI=1S/C31H28N2O7S2/c1-18-16-21(9-14-24(18)30(35)36)39-27-17-32-31(41-27)33-29(34)28(40-26-15-8-19-4-2-3-5-25(19)26)20-6-10-22(11-7-20)42(37,38)23-12-13-23/h2-7,9-11,14,16-17,23,26,28H,8,12-13,15H2,1H3,(H,35,36)(H,32,33,34). The first-order chi connectivity index (χ1) is 20.2. The Morgan fingerprint density at radius 3 is 2.52 bits per heavy atom. The maximum Gasteiger partial charge on any atom is 0.335 e. The van der Waals surface area contributed by atoms with E-state index in [4.69, 9.17) is 9.47 Å². The number of nitrogens with one attached hydrogen (secondary N) is 1. The van der Waals surface area contributed by atoms with Gasteiger partial charge in [0.15, 0.2) is 21.1 Å². The molecule has 2 aliphatic rings. The van der Waals surface area contributed by atoms with Gasteiger partial charge in [0.1, 0.15) is 5.75 Å². The molecule has 11 heteroatoms. The lowest BCUT2D eigenvalue weighted by atomic mass is 10.1. The summed E-state index contributed by atoms with van der Waals surface area (Å²) in [5, 5.41) is 12.4. The molecule has 42 heavy (non-hydrogen) atoms. The Bertz CT molecular complexity index is 1760. The minimum atomic E-state index is -3.36. The van der Waals surface area contributed by atoms with Crippen LogP contribution in [-0.2, 0) is 25.8 Å². The zero-order valence-corrected chi connectivity index (χ0v) is 24.3. The summed E-state index contributed by atoms with van der Waals surface area (Å²) in [5.41, 5.74) is 3.50. The summed E-state index contributed by atoms with van der Waals surface area (Å²) in [7, 11) is -3.36. The number of sulfone groups is 1. The Balaban J connectivity index is 1.21. The highest BCUT2D eigenvalue weighted by Gasteiger charge is 2.37. The van der Waals surface area contributed by atoms with Crippen LogP contribution in [0.2, 0.25) is 0 Å². The zero-order chi connectivity index (χ0) is 29.4. The summed E-state index contributed by atoms with van der Waals surface area (Å²) in [5.74, 6) is -1.01. The van der Waals surface area contributed by atoms with E-state index >= 15 is 0 Å². The molecule has 0 bridgehead atoms. The molecule has 1 saturated carbocycles. The van der Waals surface area contributed by atoms with Crippen LogP contribution in [0.4, 0.5) is 5.13 Å². The number of carboxylic acid groups (broad SMARTS) is 1. The van der Waals surface area contributed by atoms with Gasteiger partial charge in [0, 0.05) is 0 Å². The van der Waals surface area contributed by atoms with Gasteiger partial charge in [0.2, 0.25) is 5.06 Å². The van der Waals surface area contributed by atoms with Gasteiger partial charge in [-0.05, 0) is 85.2 Å². The number of hydrogen-bond acceptors (Lipinski definition) is 8. The third-order valence-electron chi connectivity index (χ3n) is 7.45. The molecule has 1 heterocycles. The van der Waals surface area contributed by atoms with Crippen molar-refractivity contribution in [3.8, 4) is 10.8 Å². The third kappa shape index (κ3) is 5.80. The summed E-state index contributed by atoms with van der Waals surface area (Å²) in [6.07, 6.45) is 3.08. The summed E-state index contributed by atoms with van der Waals surface area (Å²) >= 11 is 1.12. The van der Waals surface area contributed by atoms with Crippen LogP contribution < -0.4 is 10.1 Å². The van der Waals surface area contributed by atoms with Gasteiger partial charge in [0.05, 0.1) is 28.0 Å². The number of anilines is 1. The quantitative estimate of drug-likeness (QED) is 0.217. The topological polar surface area (TPSA) is 132 Å². The minimum Gasteiger partial charge on any atom is -0.478 e. The summed E-state index contributed by atoms with van der Waals surface area (Å²) in [4.78, 5) is 29.4. The van der Waals surface area contributed by atoms with Crippen LogP contribution in [0.15, 0.2) is 77.8 Å². The molecule has 6 rings (SSSR count). The monoisotopic (exact) mass is 604 g/mol. The number of carbonyl (C=O) groups is 2. The molecule has 3 aromatic carbocycles. The van der Waals surface area contributed by atoms with Gasteiger partial charge >= 0.3 is 5.97 Å². The van der Waals surface area contributed by atoms with Gasteiger partial charge in [-0.2, -0.15) is 0 Å². The van der Waals surface area contributed by atoms with Crippen molar-refractivity contribution in [2.45, 2.75) is 55.0 Å². The van der Waals surface area contributed by atoms with E-state index in [-0.39, 0.29) is 21.8 Å². The SMILES string of the molecule is Cc1cc(Oc2cnc(NC(=O)C(OC3CCc4ccccc43)c3ccc(S(=O)(=O)C4CC4)cc3)s2)ccc1C(=O)O. The molecule has 1 fully saturated rings. The molecule has 2 atom stereocenters. The fraction of sp³-hybridized carbons (Fsp3) is 0.258. The summed E-state index contributed by atoms with van der Waals surface area (Å²) in [6, 6.07) is 19.0. The van der Waals surface area contributed by atoms with Crippen LogP contribution in [0.5, 0.6) is 10.8 Å². The Labute approximate surface area is 247 Å². The maximum atomic E-state index is 13.6. The number of aromatic carboxylic acids is 1. The van der Waals surface area contributed by atoms with Gasteiger partial charge in [-0.1, -0.05) is 47.7 Å². The number of thiazole rings is 1. The molecule has 1 aromatic heterocycles. The Morgan fingerprint density at radius 2 is 1.81 bits per heavy atom. The van der Waals surface area contributed by atoms with E-state index in [9.17, 15) is 23.1 Å². The average Bonchev–Trinajstić information content (AvgIpc) is 3.64. The second kappa shape index (κ2) is 11.3. The minimum absolute atomic E-state index is 0.189. The second-order valence-corrected chi connectivity index (χ2v) is 13.6. The average molecular weight is 605 g/mol. The molecule has 0 aliphatic heterocycles. The normalized spacial score (nSPS) is 16.9. The highest BCUT2D eigenvalue weighted by Crippen LogP contribution is 2.39. The van der Waals surface area contributed by atoms with Crippen LogP contribution >= 0.6 is 11.3 Å². The molecule has 2 aliphatic carbocycles. The smallest absolute Gasteiger partial charge is 0.335 e. The fourth-order valence-electron chi connectivity index (χ4n) is 5.11. The number of aryl methyl sites for hydroxylation is 2. The summed E-state index contributed by atoms with van der Waals surface area (Å²) in [6.45, 7) is 1.69. The predicted molar refractivity (Wildman–Crippen MR) is 157 cm³/mol. The number of ether oxygens (including phenoxy) is 2. The lowest BCUT2D eigenvalue weighted by molar-refractivity contribution is -0.132. The van der Waals surface area contributed by atoms with E-state index in [1.54, 1.807) is 43.3 Å². The molecule has 0 spiro atoms. The van der Waals surface area contributed by atoms with Gasteiger partial charge in [-0.15, -0.1) is 0 Å². The Hall–Kier alpha value is -4.06. The van der Waals surface area contributed by atoms with Crippen LogP contribution in [0.3, 0.4) is 0 Å². The number of fused-ring (bicyclic) bond motifs is 1. The molecule has 1 amide bonds. The number of rotatable bonds is 10. The number of nitrogens with zero attached hydrogens (tertiary/aromatic N) is 1. The molecule has 2 unspecified atom stereocenters. The van der Waals surface area contributed by atoms with Crippen molar-refractivity contribution in [3.05, 3.63) is 101 Å². The van der Waals surface area contributed by atoms with E-state index in [1.165, 1.54) is 17.8 Å². The van der Waals surface area contributed by atoms with Crippen molar-refractivity contribution >= 4 is 38.2 Å². The van der Waals surface area contributed by atoms with Gasteiger partial charge in [-0.3, -0.25) is 10.1 Å². The molecule has 4 aromatic rings. The molecule has 0 radical (unpaired) electrons. The first-order valence-corrected chi connectivity index (χ1v) is 15.9. The van der Waals surface area contributed by atoms with Crippen LogP contribution in [0, 0.1) is 6.92 Å². The second-order valence-electron chi connectivity index (χ2n) is 10.4. The van der Waals surface area contributed by atoms with E-state index in [0.29, 0.717) is 39.9 Å². The lowest BCUT2D eigenvalue weighted by Gasteiger charge is -2.22. The Morgan fingerprint density at radius 1 is 1.05 bits per heavy atom. The first-order valence-electron chi connectivity index (χ1n) is 13.5. The highest BCUT2D eigenvalue weighted by molar-refractivity contribution is 7.92.